The zero-order valence-electron chi connectivity index (χ0n) is 10.2. The molecule has 1 aliphatic carbocycles. The molecule has 2 saturated heterocycles. The number of carbonyl (C=O) groups is 3. The van der Waals surface area contributed by atoms with Crippen molar-refractivity contribution in [2.75, 3.05) is 0 Å². The third-order valence-corrected chi connectivity index (χ3v) is 4.20. The lowest BCUT2D eigenvalue weighted by Crippen LogP contribution is -2.77. The molecule has 1 amide bonds. The molecule has 0 aromatic heterocycles. The van der Waals surface area contributed by atoms with Crippen LogP contribution in [0.25, 0.3) is 0 Å². The SMILES string of the molecule is C[C@]12CC(=O)N[C@@]1(C(=O)[C@@H]1C=CCCC1)C(=O)O2. The van der Waals surface area contributed by atoms with Gasteiger partial charge < -0.3 is 10.1 Å². The Morgan fingerprint density at radius 1 is 1.50 bits per heavy atom. The maximum Gasteiger partial charge on any atom is 0.344 e. The van der Waals surface area contributed by atoms with Crippen LogP contribution in [0.3, 0.4) is 0 Å². The molecule has 1 N–H and O–H groups in total. The van der Waals surface area contributed by atoms with E-state index >= 15 is 0 Å². The molecule has 18 heavy (non-hydrogen) atoms. The fourth-order valence-corrected chi connectivity index (χ4v) is 3.17. The third-order valence-electron chi connectivity index (χ3n) is 4.20. The fraction of sp³-hybridized carbons (Fsp3) is 0.615. The smallest absolute Gasteiger partial charge is 0.344 e. The Kier molecular flexibility index (Phi) is 2.18. The molecular weight excluding hydrogens is 234 g/mol. The van der Waals surface area contributed by atoms with E-state index in [9.17, 15) is 14.4 Å². The summed E-state index contributed by atoms with van der Waals surface area (Å²) in [6, 6.07) is 0. The van der Waals surface area contributed by atoms with Crippen LogP contribution in [0.15, 0.2) is 12.2 Å². The Hall–Kier alpha value is -1.65. The van der Waals surface area contributed by atoms with Gasteiger partial charge in [-0.3, -0.25) is 9.59 Å². The number of hydrogen-bond donors (Lipinski definition) is 1. The van der Waals surface area contributed by atoms with Gasteiger partial charge in [-0.25, -0.2) is 4.79 Å². The topological polar surface area (TPSA) is 72.5 Å². The molecule has 0 spiro atoms. The van der Waals surface area contributed by atoms with Crippen molar-refractivity contribution in [3.8, 4) is 0 Å². The van der Waals surface area contributed by atoms with Gasteiger partial charge in [0, 0.05) is 5.92 Å². The first-order chi connectivity index (χ1) is 8.49. The summed E-state index contributed by atoms with van der Waals surface area (Å²) in [5.74, 6) is -1.41. The quantitative estimate of drug-likeness (QED) is 0.439. The monoisotopic (exact) mass is 249 g/mol. The summed E-state index contributed by atoms with van der Waals surface area (Å²) < 4.78 is 5.07. The Morgan fingerprint density at radius 3 is 2.83 bits per heavy atom. The van der Waals surface area contributed by atoms with E-state index in [1.807, 2.05) is 12.2 Å². The average molecular weight is 249 g/mol. The summed E-state index contributed by atoms with van der Waals surface area (Å²) in [5.41, 5.74) is -2.43. The number of ether oxygens (including phenoxy) is 1. The number of amides is 1. The summed E-state index contributed by atoms with van der Waals surface area (Å²) in [6.45, 7) is 1.65. The van der Waals surface area contributed by atoms with Crippen molar-refractivity contribution < 1.29 is 19.1 Å². The molecule has 0 aromatic carbocycles. The number of rotatable bonds is 2. The molecule has 5 nitrogen and oxygen atoms in total. The molecule has 5 heteroatoms. The van der Waals surface area contributed by atoms with Crippen LogP contribution < -0.4 is 5.32 Å². The number of esters is 1. The van der Waals surface area contributed by atoms with Crippen molar-refractivity contribution in [2.24, 2.45) is 5.92 Å². The number of fused-ring (bicyclic) bond motifs is 1. The average Bonchev–Trinajstić information content (AvgIpc) is 2.56. The Balaban J connectivity index is 1.96. The van der Waals surface area contributed by atoms with Gasteiger partial charge in [-0.05, 0) is 26.2 Å². The maximum absolute atomic E-state index is 12.6. The van der Waals surface area contributed by atoms with Crippen LogP contribution in [0.4, 0.5) is 0 Å². The molecule has 2 fully saturated rings. The molecule has 96 valence electrons. The number of Topliss-reactive ketones (excluding diaryl/α,β-unsaturated/α-hetero) is 1. The summed E-state index contributed by atoms with van der Waals surface area (Å²) in [4.78, 5) is 35.9. The van der Waals surface area contributed by atoms with Crippen LogP contribution in [0.2, 0.25) is 0 Å². The zero-order chi connectivity index (χ0) is 13.0. The van der Waals surface area contributed by atoms with Crippen molar-refractivity contribution in [2.45, 2.75) is 43.7 Å². The number of carbonyl (C=O) groups excluding carboxylic acids is 3. The standard InChI is InChI=1S/C13H15NO4/c1-12-7-9(15)14-13(12,11(17)18-12)10(16)8-5-3-2-4-6-8/h3,5,8H,2,4,6-7H2,1H3,(H,14,15)/t8-,12+,13+/m1/s1. The minimum atomic E-state index is -1.43. The van der Waals surface area contributed by atoms with E-state index in [0.29, 0.717) is 0 Å². The number of hydrogen-bond acceptors (Lipinski definition) is 4. The van der Waals surface area contributed by atoms with Crippen LogP contribution in [0, 0.1) is 5.92 Å². The van der Waals surface area contributed by atoms with Crippen LogP contribution in [0.5, 0.6) is 0 Å². The predicted octanol–water partition coefficient (Wildman–Crippen LogP) is 0.486. The molecule has 0 bridgehead atoms. The second kappa shape index (κ2) is 3.43. The molecule has 0 saturated carbocycles. The molecular formula is C13H15NO4. The normalized spacial score (nSPS) is 41.7. The first kappa shape index (κ1) is 11.4. The van der Waals surface area contributed by atoms with Gasteiger partial charge in [0.15, 0.2) is 11.4 Å². The summed E-state index contributed by atoms with van der Waals surface area (Å²) in [6.07, 6.45) is 6.50. The van der Waals surface area contributed by atoms with E-state index in [-0.39, 0.29) is 24.0 Å². The van der Waals surface area contributed by atoms with Crippen molar-refractivity contribution in [3.63, 3.8) is 0 Å². The van der Waals surface area contributed by atoms with E-state index in [1.165, 1.54) is 0 Å². The second-order valence-electron chi connectivity index (χ2n) is 5.43. The van der Waals surface area contributed by atoms with Crippen molar-refractivity contribution in [1.29, 1.82) is 0 Å². The van der Waals surface area contributed by atoms with Gasteiger partial charge in [0.05, 0.1) is 6.42 Å². The zero-order valence-corrected chi connectivity index (χ0v) is 10.2. The van der Waals surface area contributed by atoms with Crippen LogP contribution in [-0.4, -0.2) is 28.8 Å². The highest BCUT2D eigenvalue weighted by atomic mass is 16.6. The third kappa shape index (κ3) is 1.19. The molecule has 3 atom stereocenters. The van der Waals surface area contributed by atoms with Gasteiger partial charge in [-0.15, -0.1) is 0 Å². The van der Waals surface area contributed by atoms with E-state index < -0.39 is 17.1 Å². The highest BCUT2D eigenvalue weighted by Crippen LogP contribution is 2.47. The fourth-order valence-electron chi connectivity index (χ4n) is 3.17. The van der Waals surface area contributed by atoms with Gasteiger partial charge >= 0.3 is 5.97 Å². The largest absolute Gasteiger partial charge is 0.453 e. The van der Waals surface area contributed by atoms with Crippen molar-refractivity contribution >= 4 is 17.7 Å². The first-order valence-electron chi connectivity index (χ1n) is 6.25. The summed E-state index contributed by atoms with van der Waals surface area (Å²) >= 11 is 0. The van der Waals surface area contributed by atoms with Gasteiger partial charge in [-0.1, -0.05) is 12.2 Å². The highest BCUT2D eigenvalue weighted by Gasteiger charge is 2.76. The lowest BCUT2D eigenvalue weighted by Gasteiger charge is -2.49. The van der Waals surface area contributed by atoms with Gasteiger partial charge in [-0.2, -0.15) is 0 Å². The lowest BCUT2D eigenvalue weighted by atomic mass is 9.69. The first-order valence-corrected chi connectivity index (χ1v) is 6.25. The Bertz CT molecular complexity index is 483. The van der Waals surface area contributed by atoms with E-state index in [2.05, 4.69) is 5.32 Å². The molecule has 0 aromatic rings. The summed E-state index contributed by atoms with van der Waals surface area (Å²) in [5, 5.41) is 2.56. The van der Waals surface area contributed by atoms with E-state index in [1.54, 1.807) is 6.92 Å². The predicted molar refractivity (Wildman–Crippen MR) is 61.5 cm³/mol. The molecule has 3 rings (SSSR count). The molecule has 3 aliphatic rings. The minimum Gasteiger partial charge on any atom is -0.453 e. The van der Waals surface area contributed by atoms with Crippen LogP contribution >= 0.6 is 0 Å². The van der Waals surface area contributed by atoms with E-state index in [4.69, 9.17) is 4.74 Å². The van der Waals surface area contributed by atoms with Crippen LogP contribution in [-0.2, 0) is 19.1 Å². The van der Waals surface area contributed by atoms with Crippen LogP contribution in [0.1, 0.15) is 32.6 Å². The van der Waals surface area contributed by atoms with Gasteiger partial charge in [0.2, 0.25) is 11.4 Å². The number of nitrogens with one attached hydrogen (secondary N) is 1. The van der Waals surface area contributed by atoms with Gasteiger partial charge in [0.1, 0.15) is 0 Å². The maximum atomic E-state index is 12.6. The highest BCUT2D eigenvalue weighted by molar-refractivity contribution is 6.19. The molecule has 0 unspecified atom stereocenters. The summed E-state index contributed by atoms with van der Waals surface area (Å²) in [7, 11) is 0. The van der Waals surface area contributed by atoms with Crippen molar-refractivity contribution in [3.05, 3.63) is 12.2 Å². The number of ketones is 1. The second-order valence-corrected chi connectivity index (χ2v) is 5.43. The van der Waals surface area contributed by atoms with Gasteiger partial charge in [0.25, 0.3) is 0 Å². The molecule has 2 heterocycles. The molecule has 0 radical (unpaired) electrons. The lowest BCUT2D eigenvalue weighted by molar-refractivity contribution is -0.211. The van der Waals surface area contributed by atoms with E-state index in [0.717, 1.165) is 19.3 Å². The number of allylic oxidation sites excluding steroid dienone is 2. The Morgan fingerprint density at radius 2 is 2.28 bits per heavy atom. The Labute approximate surface area is 105 Å². The minimum absolute atomic E-state index is 0.0704. The van der Waals surface area contributed by atoms with Crippen molar-refractivity contribution in [1.82, 2.24) is 5.32 Å². The molecule has 2 aliphatic heterocycles.